The molecular weight excluding hydrogens is 493 g/mol. The molecule has 3 nitrogen and oxygen atoms in total. The predicted molar refractivity (Wildman–Crippen MR) is 139 cm³/mol. The van der Waals surface area contributed by atoms with Crippen molar-refractivity contribution in [3.05, 3.63) is 134 Å². The summed E-state index contributed by atoms with van der Waals surface area (Å²) in [4.78, 5) is 10.8. The van der Waals surface area contributed by atoms with Crippen LogP contribution in [0.4, 0.5) is 0 Å². The standard InChI is InChI=1S/C18H15P.C6H10NO.C5H.CO.Fe/c1-4-10-16(11-5-1)19(17-12-6-2-7-13-17)18-14-8-3-9-15-18;1-6(2)3-4-7-5(6)8;1-2-4-5-3-1;1-2;/h1-15H;3H,4H2,1-2H3,(H,7,8);1H;;/q;-1;-5;;+6/p+1. The van der Waals surface area contributed by atoms with Crippen molar-refractivity contribution in [3.63, 3.8) is 0 Å². The third-order valence-electron chi connectivity index (χ3n) is 5.00. The van der Waals surface area contributed by atoms with Gasteiger partial charge in [0.1, 0.15) is 15.9 Å². The number of hydrogen-bond acceptors (Lipinski definition) is 1. The molecular formula is C30H27FeNO2P+. The van der Waals surface area contributed by atoms with E-state index in [1.165, 1.54) is 15.9 Å². The van der Waals surface area contributed by atoms with E-state index < -0.39 is 7.92 Å². The number of carbonyl (C=O) groups excluding carboxylic acids is 1. The van der Waals surface area contributed by atoms with Gasteiger partial charge in [-0.05, 0) is 36.4 Å². The number of carbonyl (C=O) groups is 1. The Kier molecular flexibility index (Phi) is 14.4. The summed E-state index contributed by atoms with van der Waals surface area (Å²) in [6, 6.07) is 44.5. The second kappa shape index (κ2) is 16.7. The Labute approximate surface area is 221 Å². The van der Waals surface area contributed by atoms with Crippen molar-refractivity contribution in [3.8, 4) is 0 Å². The fraction of sp³-hybridized carbons (Fsp3) is 0.133. The van der Waals surface area contributed by atoms with Crippen LogP contribution in [0.2, 0.25) is 0 Å². The fourth-order valence-electron chi connectivity index (χ4n) is 3.21. The monoisotopic (exact) mass is 520 g/mol. The fourth-order valence-corrected chi connectivity index (χ4v) is 5.79. The molecule has 1 aliphatic rings. The quantitative estimate of drug-likeness (QED) is 0.188. The Morgan fingerprint density at radius 2 is 1.17 bits per heavy atom. The molecule has 176 valence electrons. The van der Waals surface area contributed by atoms with Crippen LogP contribution < -0.4 is 21.2 Å². The normalized spacial score (nSPS) is 12.8. The number of hydrogen-bond donors (Lipinski definition) is 1. The maximum atomic E-state index is 10.8. The van der Waals surface area contributed by atoms with Gasteiger partial charge in [-0.15, -0.1) is 6.54 Å². The Hall–Kier alpha value is -2.83. The van der Waals surface area contributed by atoms with E-state index in [9.17, 15) is 4.79 Å². The third kappa shape index (κ3) is 10.1. The summed E-state index contributed by atoms with van der Waals surface area (Å²) in [5.41, 5.74) is -0.222. The smallest absolute Gasteiger partial charge is 0.999 e. The molecule has 5 heteroatoms. The van der Waals surface area contributed by atoms with Crippen LogP contribution in [0, 0.1) is 42.8 Å². The molecule has 0 aromatic heterocycles. The van der Waals surface area contributed by atoms with Gasteiger partial charge in [0.2, 0.25) is 0 Å². The largest absolute Gasteiger partial charge is 6.00 e. The first kappa shape index (κ1) is 30.2. The molecule has 0 aliphatic carbocycles. The topological polar surface area (TPSA) is 49.0 Å². The summed E-state index contributed by atoms with van der Waals surface area (Å²) in [7, 11) is -0.877. The van der Waals surface area contributed by atoms with Gasteiger partial charge in [0, 0.05) is 0 Å². The van der Waals surface area contributed by atoms with E-state index in [0.717, 1.165) is 6.54 Å². The van der Waals surface area contributed by atoms with Crippen LogP contribution in [0.25, 0.3) is 0 Å². The maximum Gasteiger partial charge on any atom is 6.00 e. The summed E-state index contributed by atoms with van der Waals surface area (Å²) in [5, 5.41) is 7.02. The second-order valence-corrected chi connectivity index (χ2v) is 10.3. The zero-order valence-electron chi connectivity index (χ0n) is 19.7. The Balaban J connectivity index is 0.000000316. The molecule has 1 fully saturated rings. The van der Waals surface area contributed by atoms with Crippen molar-refractivity contribution < 1.29 is 26.5 Å². The third-order valence-corrected chi connectivity index (χ3v) is 7.73. The van der Waals surface area contributed by atoms with Crippen LogP contribution in [0.5, 0.6) is 0 Å². The van der Waals surface area contributed by atoms with Crippen LogP contribution in [0.15, 0.2) is 97.1 Å². The van der Waals surface area contributed by atoms with Gasteiger partial charge in [-0.25, -0.2) is 0 Å². The van der Waals surface area contributed by atoms with Gasteiger partial charge in [0.05, 0.1) is 7.92 Å². The Bertz CT molecular complexity index is 971. The number of rotatable bonds is 3. The van der Waals surface area contributed by atoms with Crippen LogP contribution >= 0.6 is 7.92 Å². The zero-order chi connectivity index (χ0) is 24.7. The minimum absolute atomic E-state index is 0. The van der Waals surface area contributed by atoms with Crippen LogP contribution in [0.3, 0.4) is 0 Å². The summed E-state index contributed by atoms with van der Waals surface area (Å²) in [5.74, 6) is 0.137. The van der Waals surface area contributed by atoms with E-state index in [1.807, 2.05) is 20.3 Å². The van der Waals surface area contributed by atoms with Crippen molar-refractivity contribution in [2.75, 3.05) is 6.54 Å². The van der Waals surface area contributed by atoms with Gasteiger partial charge in [-0.3, -0.25) is 11.2 Å². The van der Waals surface area contributed by atoms with Crippen molar-refractivity contribution in [2.24, 2.45) is 5.41 Å². The number of nitrogens with one attached hydrogen (secondary N) is 1. The molecule has 0 atom stereocenters. The van der Waals surface area contributed by atoms with Crippen LogP contribution in [0.1, 0.15) is 13.8 Å². The second-order valence-electron chi connectivity index (χ2n) is 7.79. The zero-order valence-corrected chi connectivity index (χ0v) is 21.8. The molecule has 5 rings (SSSR count). The molecule has 1 N–H and O–H groups in total. The van der Waals surface area contributed by atoms with Crippen molar-refractivity contribution in [1.82, 2.24) is 5.32 Å². The van der Waals surface area contributed by atoms with E-state index in [-0.39, 0.29) is 28.4 Å². The molecule has 4 aromatic rings. The van der Waals surface area contributed by atoms with E-state index >= 15 is 0 Å². The molecule has 4 aromatic carbocycles. The van der Waals surface area contributed by atoms with E-state index in [1.54, 1.807) is 6.07 Å². The molecule has 0 unspecified atom stereocenters. The van der Waals surface area contributed by atoms with E-state index in [2.05, 4.69) is 127 Å². The summed E-state index contributed by atoms with van der Waals surface area (Å²) in [6.45, 7) is 9.05. The van der Waals surface area contributed by atoms with Gasteiger partial charge in [0.25, 0.3) is 0 Å². The van der Waals surface area contributed by atoms with Gasteiger partial charge >= 0.3 is 28.4 Å². The molecule has 1 aliphatic heterocycles. The molecule has 0 saturated carbocycles. The minimum Gasteiger partial charge on any atom is -0.999 e. The molecule has 1 amide bonds. The van der Waals surface area contributed by atoms with Gasteiger partial charge in [0.15, 0.2) is 5.91 Å². The Morgan fingerprint density at radius 3 is 1.37 bits per heavy atom. The van der Waals surface area contributed by atoms with Crippen LogP contribution in [-0.2, 0) is 26.5 Å². The molecule has 35 heavy (non-hydrogen) atoms. The minimum atomic E-state index is -0.877. The molecule has 1 saturated heterocycles. The van der Waals surface area contributed by atoms with Gasteiger partial charge < -0.3 is 35.6 Å². The van der Waals surface area contributed by atoms with Crippen molar-refractivity contribution in [1.29, 1.82) is 0 Å². The predicted octanol–water partition coefficient (Wildman–Crippen LogP) is 4.09. The number of benzene rings is 3. The first-order valence-electron chi connectivity index (χ1n) is 10.8. The van der Waals surface area contributed by atoms with E-state index in [4.69, 9.17) is 4.65 Å². The van der Waals surface area contributed by atoms with Gasteiger partial charge in [-0.2, -0.15) is 0 Å². The SMILES string of the molecule is CC1(C)[CH-]CNC1=O.[C-]#[O+].[Fe+6].[c-]1[c-][c-][cH-][c-]1.c1ccc([PH+](c2ccccc2)c2ccccc2)cc1. The van der Waals surface area contributed by atoms with Crippen LogP contribution in [-0.4, -0.2) is 12.5 Å². The molecule has 0 radical (unpaired) electrons. The average molecular weight is 520 g/mol. The molecule has 0 spiro atoms. The first-order chi connectivity index (χ1) is 16.6. The molecule has 1 heterocycles. The summed E-state index contributed by atoms with van der Waals surface area (Å²) < 4.78 is 7.50. The van der Waals surface area contributed by atoms with E-state index in [0.29, 0.717) is 0 Å². The first-order valence-corrected chi connectivity index (χ1v) is 12.3. The summed E-state index contributed by atoms with van der Waals surface area (Å²) in [6.07, 6.45) is 1.98. The van der Waals surface area contributed by atoms with Crippen molar-refractivity contribution in [2.45, 2.75) is 13.8 Å². The molecule has 0 bridgehead atoms. The maximum absolute atomic E-state index is 10.8. The van der Waals surface area contributed by atoms with Gasteiger partial charge in [-0.1, -0.05) is 73.9 Å². The number of amides is 1. The summed E-state index contributed by atoms with van der Waals surface area (Å²) >= 11 is 0. The van der Waals surface area contributed by atoms with Crippen molar-refractivity contribution >= 4 is 29.7 Å². The average Bonchev–Trinajstić information content (AvgIpc) is 3.57. The Morgan fingerprint density at radius 1 is 0.800 bits per heavy atom.